The van der Waals surface area contributed by atoms with Gasteiger partial charge in [0.15, 0.2) is 5.75 Å². The van der Waals surface area contributed by atoms with Gasteiger partial charge in [-0.2, -0.15) is 13.5 Å². The minimum Gasteiger partial charge on any atom is -0.508 e. The predicted octanol–water partition coefficient (Wildman–Crippen LogP) is 7.41. The molecule has 242 valence electrons. The number of hydrogen-bond acceptors (Lipinski definition) is 12. The van der Waals surface area contributed by atoms with Crippen molar-refractivity contribution >= 4 is 55.2 Å². The summed E-state index contributed by atoms with van der Waals surface area (Å²) in [6.45, 7) is 7.18. The van der Waals surface area contributed by atoms with E-state index in [9.17, 15) is 28.0 Å². The molecule has 0 aliphatic carbocycles. The van der Waals surface area contributed by atoms with Gasteiger partial charge in [-0.15, -0.1) is 15.3 Å². The lowest BCUT2D eigenvalue weighted by Gasteiger charge is -2.13. The molecule has 4 N–H and O–H groups in total. The summed E-state index contributed by atoms with van der Waals surface area (Å²) >= 11 is 0. The lowest BCUT2D eigenvalue weighted by atomic mass is 10.1. The van der Waals surface area contributed by atoms with Crippen molar-refractivity contribution in [3.05, 3.63) is 60.2 Å². The summed E-state index contributed by atoms with van der Waals surface area (Å²) in [5.41, 5.74) is 1.36. The zero-order valence-corrected chi connectivity index (χ0v) is 26.5. The largest absolute Gasteiger partial charge is 0.508 e. The highest BCUT2D eigenvalue weighted by atomic mass is 32.2. The van der Waals surface area contributed by atoms with Crippen LogP contribution in [-0.4, -0.2) is 55.5 Å². The summed E-state index contributed by atoms with van der Waals surface area (Å²) in [6, 6.07) is 13.1. The molecule has 0 aliphatic heterocycles. The van der Waals surface area contributed by atoms with Gasteiger partial charge in [0.2, 0.25) is 5.91 Å². The molecule has 4 aromatic rings. The highest BCUT2D eigenvalue weighted by Crippen LogP contribution is 2.44. The van der Waals surface area contributed by atoms with Crippen molar-refractivity contribution in [3.63, 3.8) is 0 Å². The van der Waals surface area contributed by atoms with E-state index in [0.717, 1.165) is 6.07 Å². The summed E-state index contributed by atoms with van der Waals surface area (Å²) in [5.74, 6) is -0.390. The lowest BCUT2D eigenvalue weighted by molar-refractivity contribution is -0.114. The third-order valence-electron chi connectivity index (χ3n) is 6.41. The van der Waals surface area contributed by atoms with Gasteiger partial charge in [0.25, 0.3) is 10.1 Å². The van der Waals surface area contributed by atoms with Crippen LogP contribution < -0.4 is 14.8 Å². The van der Waals surface area contributed by atoms with E-state index in [1.165, 1.54) is 44.4 Å². The number of fused-ring (bicyclic) bond motifs is 1. The van der Waals surface area contributed by atoms with Crippen LogP contribution in [0.3, 0.4) is 0 Å². The highest BCUT2D eigenvalue weighted by molar-refractivity contribution is 7.86. The number of nitrogens with one attached hydrogen (secondary N) is 1. The van der Waals surface area contributed by atoms with Crippen molar-refractivity contribution in [2.45, 2.75) is 38.7 Å². The Morgan fingerprint density at radius 2 is 1.61 bits per heavy atom. The standard InChI is InChI=1S/C31H33N5O9S/c1-17(2)44-10-11-45-28-16-25(34-33-24-9-7-22(38)15-27(24)43-5)18(3)12-26(28)35-36-30-29(46(40,41)42)14-20-13-21(32-19(4)37)6-8-23(20)31(30)39/h6-9,12-17,38-39H,10-11H2,1-5H3,(H,32,37)(H,40,41,42). The van der Waals surface area contributed by atoms with Crippen LogP contribution in [0.4, 0.5) is 28.4 Å². The molecule has 0 atom stereocenters. The Labute approximate surface area is 265 Å². The Balaban J connectivity index is 1.79. The van der Waals surface area contributed by atoms with Crippen molar-refractivity contribution < 1.29 is 42.2 Å². The minimum atomic E-state index is -4.88. The first-order valence-corrected chi connectivity index (χ1v) is 15.3. The van der Waals surface area contributed by atoms with E-state index in [1.807, 2.05) is 13.8 Å². The summed E-state index contributed by atoms with van der Waals surface area (Å²) in [4.78, 5) is 10.8. The molecule has 0 aliphatic rings. The zero-order valence-electron chi connectivity index (χ0n) is 25.7. The van der Waals surface area contributed by atoms with E-state index in [-0.39, 0.29) is 53.2 Å². The number of carbonyl (C=O) groups is 1. The van der Waals surface area contributed by atoms with E-state index >= 15 is 0 Å². The number of amides is 1. The van der Waals surface area contributed by atoms with Crippen LogP contribution in [0, 0.1) is 6.92 Å². The van der Waals surface area contributed by atoms with Crippen LogP contribution in [0.5, 0.6) is 23.0 Å². The van der Waals surface area contributed by atoms with Gasteiger partial charge in [-0.3, -0.25) is 9.35 Å². The van der Waals surface area contributed by atoms with Gasteiger partial charge in [0.1, 0.15) is 45.8 Å². The van der Waals surface area contributed by atoms with Crippen LogP contribution in [0.25, 0.3) is 10.8 Å². The van der Waals surface area contributed by atoms with Gasteiger partial charge in [-0.25, -0.2) is 0 Å². The van der Waals surface area contributed by atoms with E-state index in [1.54, 1.807) is 25.1 Å². The van der Waals surface area contributed by atoms with Crippen LogP contribution in [-0.2, 0) is 19.6 Å². The van der Waals surface area contributed by atoms with Crippen molar-refractivity contribution in [2.75, 3.05) is 25.6 Å². The van der Waals surface area contributed by atoms with Crippen molar-refractivity contribution in [2.24, 2.45) is 20.5 Å². The Morgan fingerprint density at radius 1 is 0.891 bits per heavy atom. The second-order valence-electron chi connectivity index (χ2n) is 10.3. The second-order valence-corrected chi connectivity index (χ2v) is 11.7. The number of carbonyl (C=O) groups excluding carboxylic acids is 1. The first-order valence-electron chi connectivity index (χ1n) is 13.9. The van der Waals surface area contributed by atoms with Crippen LogP contribution in [0.1, 0.15) is 26.3 Å². The molecule has 0 heterocycles. The molecule has 0 radical (unpaired) electrons. The fourth-order valence-corrected chi connectivity index (χ4v) is 4.94. The summed E-state index contributed by atoms with van der Waals surface area (Å²) < 4.78 is 51.5. The van der Waals surface area contributed by atoms with Crippen molar-refractivity contribution in [3.8, 4) is 23.0 Å². The van der Waals surface area contributed by atoms with E-state index in [4.69, 9.17) is 14.2 Å². The number of benzene rings is 4. The van der Waals surface area contributed by atoms with E-state index in [2.05, 4.69) is 25.8 Å². The molecule has 14 nitrogen and oxygen atoms in total. The number of rotatable bonds is 12. The topological polar surface area (TPSA) is 201 Å². The number of phenolic OH excluding ortho intramolecular Hbond substituents is 2. The number of aryl methyl sites for hydroxylation is 1. The molecule has 15 heteroatoms. The highest BCUT2D eigenvalue weighted by Gasteiger charge is 2.23. The monoisotopic (exact) mass is 651 g/mol. The Hall–Kier alpha value is -5.12. The number of phenols is 2. The number of hydrogen-bond donors (Lipinski definition) is 4. The van der Waals surface area contributed by atoms with Gasteiger partial charge in [0, 0.05) is 30.1 Å². The molecule has 0 fully saturated rings. The maximum atomic E-state index is 12.4. The fourth-order valence-electron chi connectivity index (χ4n) is 4.29. The number of methoxy groups -OCH3 is 1. The number of anilines is 1. The Bertz CT molecular complexity index is 1940. The molecule has 46 heavy (non-hydrogen) atoms. The molecule has 0 bridgehead atoms. The first-order chi connectivity index (χ1) is 21.8. The lowest BCUT2D eigenvalue weighted by Crippen LogP contribution is -2.11. The normalized spacial score (nSPS) is 12.0. The third kappa shape index (κ3) is 8.32. The Morgan fingerprint density at radius 3 is 2.28 bits per heavy atom. The number of azo groups is 2. The maximum absolute atomic E-state index is 12.4. The molecule has 0 unspecified atom stereocenters. The quantitative estimate of drug-likeness (QED) is 0.0683. The number of ether oxygens (including phenoxy) is 3. The summed E-state index contributed by atoms with van der Waals surface area (Å²) in [5, 5.41) is 40.6. The molecule has 0 saturated heterocycles. The van der Waals surface area contributed by atoms with Gasteiger partial charge < -0.3 is 29.7 Å². The van der Waals surface area contributed by atoms with Gasteiger partial charge in [-0.1, -0.05) is 0 Å². The average Bonchev–Trinajstić information content (AvgIpc) is 2.98. The SMILES string of the molecule is COc1cc(O)ccc1N=Nc1cc(OCCOC(C)C)c(N=Nc2c(S(=O)(=O)O)cc3cc(NC(C)=O)ccc3c2O)cc1C. The summed E-state index contributed by atoms with van der Waals surface area (Å²) in [6.07, 6.45) is -0.0329. The van der Waals surface area contributed by atoms with Crippen LogP contribution in [0.15, 0.2) is 79.9 Å². The number of nitrogens with zero attached hydrogens (tertiary/aromatic N) is 4. The second kappa shape index (κ2) is 14.3. The number of aromatic hydroxyl groups is 2. The maximum Gasteiger partial charge on any atom is 0.296 e. The van der Waals surface area contributed by atoms with Gasteiger partial charge in [0.05, 0.1) is 25.5 Å². The van der Waals surface area contributed by atoms with Gasteiger partial charge in [-0.05, 0) is 74.2 Å². The van der Waals surface area contributed by atoms with Crippen molar-refractivity contribution in [1.82, 2.24) is 0 Å². The third-order valence-corrected chi connectivity index (χ3v) is 7.27. The van der Waals surface area contributed by atoms with E-state index < -0.39 is 26.5 Å². The molecule has 4 rings (SSSR count). The van der Waals surface area contributed by atoms with Crippen LogP contribution >= 0.6 is 0 Å². The molecule has 0 aromatic heterocycles. The molecule has 1 amide bonds. The molecule has 0 saturated carbocycles. The summed E-state index contributed by atoms with van der Waals surface area (Å²) in [7, 11) is -3.44. The Kier molecular flexibility index (Phi) is 10.5. The first kappa shape index (κ1) is 33.8. The minimum absolute atomic E-state index is 0.00495. The molecule has 0 spiro atoms. The van der Waals surface area contributed by atoms with Crippen LogP contribution in [0.2, 0.25) is 0 Å². The fraction of sp³-hybridized carbons (Fsp3) is 0.258. The average molecular weight is 652 g/mol. The molecular formula is C31H33N5O9S. The predicted molar refractivity (Wildman–Crippen MR) is 171 cm³/mol. The molecular weight excluding hydrogens is 618 g/mol. The van der Waals surface area contributed by atoms with E-state index in [0.29, 0.717) is 28.4 Å². The zero-order chi connectivity index (χ0) is 33.6. The van der Waals surface area contributed by atoms with Gasteiger partial charge >= 0.3 is 0 Å². The van der Waals surface area contributed by atoms with Crippen molar-refractivity contribution in [1.29, 1.82) is 0 Å². The molecule has 4 aromatic carbocycles. The smallest absolute Gasteiger partial charge is 0.296 e.